The van der Waals surface area contributed by atoms with Gasteiger partial charge in [-0.3, -0.25) is 4.79 Å². The minimum absolute atomic E-state index is 0.0327. The number of nitrogens with one attached hydrogen (secondary N) is 2. The molecule has 0 saturated heterocycles. The number of amides is 1. The number of carbonyl (C=O) groups is 1. The normalized spacial score (nSPS) is 10.7. The Labute approximate surface area is 123 Å². The van der Waals surface area contributed by atoms with Gasteiger partial charge in [0.05, 0.1) is 23.8 Å². The number of nitrogens with zero attached hydrogens (tertiary/aromatic N) is 1. The zero-order chi connectivity index (χ0) is 14.7. The summed E-state index contributed by atoms with van der Waals surface area (Å²) in [6.45, 7) is 2.56. The van der Waals surface area contributed by atoms with Crippen molar-refractivity contribution in [2.75, 3.05) is 0 Å². The Balaban J connectivity index is 1.60. The maximum Gasteiger partial charge on any atom is 0.224 e. The Morgan fingerprint density at radius 2 is 2.10 bits per heavy atom. The molecule has 0 atom stereocenters. The predicted octanol–water partition coefficient (Wildman–Crippen LogP) is 2.73. The number of aromatic nitrogens is 2. The van der Waals surface area contributed by atoms with Gasteiger partial charge in [-0.1, -0.05) is 35.9 Å². The second-order valence-corrected chi connectivity index (χ2v) is 5.20. The van der Waals surface area contributed by atoms with Crippen LogP contribution in [-0.2, 0) is 17.8 Å². The van der Waals surface area contributed by atoms with Gasteiger partial charge in [0, 0.05) is 6.54 Å². The monoisotopic (exact) mass is 279 g/mol. The fraction of sp³-hybridized carbons (Fsp3) is 0.176. The zero-order valence-corrected chi connectivity index (χ0v) is 11.9. The number of carbonyl (C=O) groups excluding carboxylic acids is 1. The molecule has 2 aromatic carbocycles. The summed E-state index contributed by atoms with van der Waals surface area (Å²) in [7, 11) is 0. The minimum Gasteiger partial charge on any atom is -0.352 e. The van der Waals surface area contributed by atoms with E-state index < -0.39 is 0 Å². The van der Waals surface area contributed by atoms with Crippen molar-refractivity contribution in [2.24, 2.45) is 0 Å². The lowest BCUT2D eigenvalue weighted by atomic mass is 10.1. The molecule has 21 heavy (non-hydrogen) atoms. The molecular weight excluding hydrogens is 262 g/mol. The summed E-state index contributed by atoms with van der Waals surface area (Å²) in [5.41, 5.74) is 5.19. The van der Waals surface area contributed by atoms with Gasteiger partial charge in [0.2, 0.25) is 5.91 Å². The van der Waals surface area contributed by atoms with E-state index >= 15 is 0 Å². The summed E-state index contributed by atoms with van der Waals surface area (Å²) in [5.74, 6) is 0.0327. The number of benzene rings is 2. The number of H-pyrrole nitrogens is 1. The second-order valence-electron chi connectivity index (χ2n) is 5.20. The van der Waals surface area contributed by atoms with Crippen molar-refractivity contribution in [2.45, 2.75) is 19.9 Å². The van der Waals surface area contributed by atoms with Crippen LogP contribution in [-0.4, -0.2) is 15.9 Å². The van der Waals surface area contributed by atoms with Gasteiger partial charge in [-0.15, -0.1) is 0 Å². The summed E-state index contributed by atoms with van der Waals surface area (Å²) in [6.07, 6.45) is 2.08. The molecule has 0 radical (unpaired) electrons. The molecule has 2 N–H and O–H groups in total. The van der Waals surface area contributed by atoms with Crippen molar-refractivity contribution in [3.05, 3.63) is 65.5 Å². The quantitative estimate of drug-likeness (QED) is 0.771. The maximum atomic E-state index is 12.0. The number of fused-ring (bicyclic) bond motifs is 1. The summed E-state index contributed by atoms with van der Waals surface area (Å²) in [4.78, 5) is 19.2. The van der Waals surface area contributed by atoms with E-state index in [2.05, 4.69) is 15.3 Å². The molecule has 0 unspecified atom stereocenters. The Bertz CT molecular complexity index is 776. The summed E-state index contributed by atoms with van der Waals surface area (Å²) in [6, 6.07) is 14.0. The van der Waals surface area contributed by atoms with Crippen LogP contribution in [0.2, 0.25) is 0 Å². The van der Waals surface area contributed by atoms with Crippen molar-refractivity contribution in [3.8, 4) is 0 Å². The molecule has 106 valence electrons. The van der Waals surface area contributed by atoms with Crippen LogP contribution in [0.4, 0.5) is 0 Å². The predicted molar refractivity (Wildman–Crippen MR) is 82.8 cm³/mol. The van der Waals surface area contributed by atoms with Crippen molar-refractivity contribution in [3.63, 3.8) is 0 Å². The molecule has 1 amide bonds. The van der Waals surface area contributed by atoms with Gasteiger partial charge in [-0.05, 0) is 30.2 Å². The fourth-order valence-electron chi connectivity index (χ4n) is 2.36. The molecule has 4 heteroatoms. The van der Waals surface area contributed by atoms with Crippen molar-refractivity contribution < 1.29 is 4.79 Å². The molecular formula is C17H17N3O. The first-order valence-corrected chi connectivity index (χ1v) is 6.95. The van der Waals surface area contributed by atoms with Gasteiger partial charge < -0.3 is 10.3 Å². The SMILES string of the molecule is Cc1cccc(CC(=O)NCc2ccc3nc[nH]c3c2)c1. The first-order chi connectivity index (χ1) is 10.2. The number of aryl methyl sites for hydroxylation is 1. The molecule has 0 spiro atoms. The molecule has 0 aliphatic rings. The molecule has 3 aromatic rings. The van der Waals surface area contributed by atoms with E-state index in [1.54, 1.807) is 6.33 Å². The second kappa shape index (κ2) is 5.79. The Morgan fingerprint density at radius 3 is 2.95 bits per heavy atom. The molecule has 0 saturated carbocycles. The number of rotatable bonds is 4. The highest BCUT2D eigenvalue weighted by Crippen LogP contribution is 2.11. The lowest BCUT2D eigenvalue weighted by molar-refractivity contribution is -0.120. The fourth-order valence-corrected chi connectivity index (χ4v) is 2.36. The van der Waals surface area contributed by atoms with E-state index in [1.807, 2.05) is 49.4 Å². The highest BCUT2D eigenvalue weighted by atomic mass is 16.1. The summed E-state index contributed by atoms with van der Waals surface area (Å²) < 4.78 is 0. The van der Waals surface area contributed by atoms with E-state index in [0.717, 1.165) is 22.2 Å². The Morgan fingerprint density at radius 1 is 1.19 bits per heavy atom. The lowest BCUT2D eigenvalue weighted by Gasteiger charge is -2.06. The number of hydrogen-bond acceptors (Lipinski definition) is 2. The third-order valence-electron chi connectivity index (χ3n) is 3.42. The third-order valence-corrected chi connectivity index (χ3v) is 3.42. The van der Waals surface area contributed by atoms with Gasteiger partial charge in [0.1, 0.15) is 0 Å². The topological polar surface area (TPSA) is 57.8 Å². The Kier molecular flexibility index (Phi) is 3.69. The van der Waals surface area contributed by atoms with Crippen LogP contribution in [0.25, 0.3) is 11.0 Å². The molecule has 1 aromatic heterocycles. The van der Waals surface area contributed by atoms with Crippen LogP contribution in [0.3, 0.4) is 0 Å². The van der Waals surface area contributed by atoms with Gasteiger partial charge in [0.25, 0.3) is 0 Å². The van der Waals surface area contributed by atoms with Crippen LogP contribution >= 0.6 is 0 Å². The first-order valence-electron chi connectivity index (χ1n) is 6.95. The molecule has 0 aliphatic carbocycles. The van der Waals surface area contributed by atoms with Crippen LogP contribution < -0.4 is 5.32 Å². The van der Waals surface area contributed by atoms with Crippen LogP contribution in [0.1, 0.15) is 16.7 Å². The van der Waals surface area contributed by atoms with E-state index in [4.69, 9.17) is 0 Å². The average Bonchev–Trinajstić information content (AvgIpc) is 2.92. The van der Waals surface area contributed by atoms with Gasteiger partial charge in [-0.2, -0.15) is 0 Å². The first kappa shape index (κ1) is 13.4. The minimum atomic E-state index is 0.0327. The average molecular weight is 279 g/mol. The van der Waals surface area contributed by atoms with E-state index in [0.29, 0.717) is 13.0 Å². The molecule has 0 bridgehead atoms. The van der Waals surface area contributed by atoms with Crippen molar-refractivity contribution >= 4 is 16.9 Å². The van der Waals surface area contributed by atoms with Crippen LogP contribution in [0.5, 0.6) is 0 Å². The number of hydrogen-bond donors (Lipinski definition) is 2. The summed E-state index contributed by atoms with van der Waals surface area (Å²) >= 11 is 0. The highest BCUT2D eigenvalue weighted by Gasteiger charge is 2.04. The van der Waals surface area contributed by atoms with Gasteiger partial charge >= 0.3 is 0 Å². The molecule has 4 nitrogen and oxygen atoms in total. The Hall–Kier alpha value is -2.62. The number of aromatic amines is 1. The highest BCUT2D eigenvalue weighted by molar-refractivity contribution is 5.79. The smallest absolute Gasteiger partial charge is 0.224 e. The molecule has 3 rings (SSSR count). The molecule has 1 heterocycles. The van der Waals surface area contributed by atoms with Crippen LogP contribution in [0.15, 0.2) is 48.8 Å². The van der Waals surface area contributed by atoms with E-state index in [-0.39, 0.29) is 5.91 Å². The van der Waals surface area contributed by atoms with Gasteiger partial charge in [0.15, 0.2) is 0 Å². The largest absolute Gasteiger partial charge is 0.352 e. The molecule has 0 fully saturated rings. The van der Waals surface area contributed by atoms with E-state index in [1.165, 1.54) is 5.56 Å². The zero-order valence-electron chi connectivity index (χ0n) is 11.9. The van der Waals surface area contributed by atoms with Crippen molar-refractivity contribution in [1.82, 2.24) is 15.3 Å². The maximum absolute atomic E-state index is 12.0. The summed E-state index contributed by atoms with van der Waals surface area (Å²) in [5, 5.41) is 2.95. The number of imidazole rings is 1. The van der Waals surface area contributed by atoms with Crippen LogP contribution in [0, 0.1) is 6.92 Å². The lowest BCUT2D eigenvalue weighted by Crippen LogP contribution is -2.24. The standard InChI is InChI=1S/C17H17N3O/c1-12-3-2-4-13(7-12)9-17(21)18-10-14-5-6-15-16(8-14)20-11-19-15/h2-8,11H,9-10H2,1H3,(H,18,21)(H,19,20). The van der Waals surface area contributed by atoms with E-state index in [9.17, 15) is 4.79 Å². The molecule has 0 aliphatic heterocycles. The van der Waals surface area contributed by atoms with Gasteiger partial charge in [-0.25, -0.2) is 4.98 Å². The van der Waals surface area contributed by atoms with Crippen molar-refractivity contribution in [1.29, 1.82) is 0 Å². The third kappa shape index (κ3) is 3.28.